The van der Waals surface area contributed by atoms with Gasteiger partial charge < -0.3 is 5.32 Å². The van der Waals surface area contributed by atoms with E-state index in [9.17, 15) is 24.5 Å². The molecule has 0 bridgehead atoms. The van der Waals surface area contributed by atoms with Crippen molar-refractivity contribution in [3.63, 3.8) is 0 Å². The van der Waals surface area contributed by atoms with Crippen LogP contribution in [0.15, 0.2) is 53.4 Å². The molecule has 0 spiro atoms. The Labute approximate surface area is 184 Å². The molecule has 8 nitrogen and oxygen atoms in total. The van der Waals surface area contributed by atoms with Gasteiger partial charge in [-0.1, -0.05) is 20.8 Å². The lowest BCUT2D eigenvalue weighted by Gasteiger charge is -2.17. The molecule has 31 heavy (non-hydrogen) atoms. The van der Waals surface area contributed by atoms with Crippen molar-refractivity contribution in [2.75, 3.05) is 10.2 Å². The Hall–Kier alpha value is -3.20. The second-order valence-electron chi connectivity index (χ2n) is 8.46. The summed E-state index contributed by atoms with van der Waals surface area (Å²) < 4.78 is 0. The molecule has 1 atom stereocenters. The summed E-state index contributed by atoms with van der Waals surface area (Å²) in [5, 5.41) is 13.1. The molecule has 1 aliphatic heterocycles. The maximum Gasteiger partial charge on any atom is 0.269 e. The number of imide groups is 1. The van der Waals surface area contributed by atoms with Gasteiger partial charge in [0.05, 0.1) is 15.9 Å². The van der Waals surface area contributed by atoms with Gasteiger partial charge in [-0.3, -0.25) is 24.5 Å². The number of rotatable bonds is 6. The summed E-state index contributed by atoms with van der Waals surface area (Å²) in [7, 11) is 0. The molecule has 0 saturated carbocycles. The van der Waals surface area contributed by atoms with Crippen molar-refractivity contribution in [1.29, 1.82) is 0 Å². The lowest BCUT2D eigenvalue weighted by molar-refractivity contribution is -0.384. The molecule has 1 saturated heterocycles. The highest BCUT2D eigenvalue weighted by Gasteiger charge is 2.40. The van der Waals surface area contributed by atoms with Gasteiger partial charge in [-0.2, -0.15) is 0 Å². The van der Waals surface area contributed by atoms with E-state index >= 15 is 0 Å². The third kappa shape index (κ3) is 5.69. The van der Waals surface area contributed by atoms with Crippen LogP contribution in [-0.4, -0.2) is 27.9 Å². The molecule has 0 radical (unpaired) electrons. The Morgan fingerprint density at radius 3 is 2.29 bits per heavy atom. The molecule has 162 valence electrons. The van der Waals surface area contributed by atoms with Gasteiger partial charge in [0, 0.05) is 35.6 Å². The molecule has 1 heterocycles. The quantitative estimate of drug-likeness (QED) is 0.404. The van der Waals surface area contributed by atoms with Crippen LogP contribution in [0.1, 0.15) is 33.6 Å². The molecular formula is C22H23N3O5S. The van der Waals surface area contributed by atoms with Gasteiger partial charge in [0.2, 0.25) is 17.7 Å². The number of hydrogen-bond acceptors (Lipinski definition) is 6. The zero-order chi connectivity index (χ0) is 22.8. The van der Waals surface area contributed by atoms with Crippen LogP contribution in [0.25, 0.3) is 0 Å². The topological polar surface area (TPSA) is 110 Å². The fourth-order valence-electron chi connectivity index (χ4n) is 3.16. The van der Waals surface area contributed by atoms with Crippen molar-refractivity contribution in [2.24, 2.45) is 5.41 Å². The van der Waals surface area contributed by atoms with E-state index < -0.39 is 10.2 Å². The predicted octanol–water partition coefficient (Wildman–Crippen LogP) is 4.39. The first kappa shape index (κ1) is 22.5. The average molecular weight is 442 g/mol. The minimum absolute atomic E-state index is 0.0462. The highest BCUT2D eigenvalue weighted by atomic mass is 32.2. The maximum absolute atomic E-state index is 12.8. The number of carbonyl (C=O) groups is 3. The molecule has 1 N–H and O–H groups in total. The number of anilines is 2. The SMILES string of the molecule is CC(C)(C)CC(=O)Nc1ccc(SC2CC(=O)N(c3ccc([N+](=O)[O-])cc3)C2=O)cc1. The van der Waals surface area contributed by atoms with E-state index in [-0.39, 0.29) is 35.2 Å². The number of amides is 3. The smallest absolute Gasteiger partial charge is 0.269 e. The highest BCUT2D eigenvalue weighted by Crippen LogP contribution is 2.35. The zero-order valence-electron chi connectivity index (χ0n) is 17.5. The number of nitrogens with one attached hydrogen (secondary N) is 1. The van der Waals surface area contributed by atoms with Gasteiger partial charge in [-0.15, -0.1) is 11.8 Å². The first-order valence-electron chi connectivity index (χ1n) is 9.71. The van der Waals surface area contributed by atoms with Gasteiger partial charge in [-0.25, -0.2) is 4.90 Å². The second-order valence-corrected chi connectivity index (χ2v) is 9.74. The molecule has 9 heteroatoms. The molecule has 2 aromatic carbocycles. The monoisotopic (exact) mass is 441 g/mol. The Morgan fingerprint density at radius 1 is 1.13 bits per heavy atom. The molecule has 0 aromatic heterocycles. The molecule has 1 unspecified atom stereocenters. The summed E-state index contributed by atoms with van der Waals surface area (Å²) in [5.74, 6) is -0.767. The Morgan fingerprint density at radius 2 is 1.74 bits per heavy atom. The number of carbonyl (C=O) groups excluding carboxylic acids is 3. The van der Waals surface area contributed by atoms with E-state index in [0.717, 1.165) is 9.80 Å². The van der Waals surface area contributed by atoms with E-state index in [1.54, 1.807) is 24.3 Å². The van der Waals surface area contributed by atoms with Crippen molar-refractivity contribution >= 4 is 46.5 Å². The van der Waals surface area contributed by atoms with Crippen LogP contribution >= 0.6 is 11.8 Å². The molecular weight excluding hydrogens is 418 g/mol. The van der Waals surface area contributed by atoms with Gasteiger partial charge in [0.25, 0.3) is 5.69 Å². The molecule has 0 aliphatic carbocycles. The summed E-state index contributed by atoms with van der Waals surface area (Å²) in [4.78, 5) is 49.4. The predicted molar refractivity (Wildman–Crippen MR) is 119 cm³/mol. The van der Waals surface area contributed by atoms with Gasteiger partial charge in [0.15, 0.2) is 0 Å². The van der Waals surface area contributed by atoms with E-state index in [0.29, 0.717) is 17.8 Å². The summed E-state index contributed by atoms with van der Waals surface area (Å²) in [5.41, 5.74) is 0.772. The van der Waals surface area contributed by atoms with E-state index in [1.807, 2.05) is 20.8 Å². The summed E-state index contributed by atoms with van der Waals surface area (Å²) in [6, 6.07) is 12.4. The number of nitrogens with zero attached hydrogens (tertiary/aromatic N) is 2. The minimum Gasteiger partial charge on any atom is -0.326 e. The lowest BCUT2D eigenvalue weighted by Crippen LogP contribution is -2.31. The fourth-order valence-corrected chi connectivity index (χ4v) is 4.21. The largest absolute Gasteiger partial charge is 0.326 e. The number of thioether (sulfide) groups is 1. The normalized spacial score (nSPS) is 16.5. The first-order valence-corrected chi connectivity index (χ1v) is 10.6. The van der Waals surface area contributed by atoms with Crippen LogP contribution in [-0.2, 0) is 14.4 Å². The van der Waals surface area contributed by atoms with Gasteiger partial charge >= 0.3 is 0 Å². The maximum atomic E-state index is 12.8. The number of nitro groups is 1. The molecule has 3 rings (SSSR count). The molecule has 3 amide bonds. The Balaban J connectivity index is 1.64. The van der Waals surface area contributed by atoms with Gasteiger partial charge in [-0.05, 0) is 41.8 Å². The Kier molecular flexibility index (Phi) is 6.45. The van der Waals surface area contributed by atoms with Crippen LogP contribution < -0.4 is 10.2 Å². The summed E-state index contributed by atoms with van der Waals surface area (Å²) >= 11 is 1.27. The second kappa shape index (κ2) is 8.89. The van der Waals surface area contributed by atoms with E-state index in [4.69, 9.17) is 0 Å². The lowest BCUT2D eigenvalue weighted by atomic mass is 9.92. The Bertz CT molecular complexity index is 1010. The fraction of sp³-hybridized carbons (Fsp3) is 0.318. The molecule has 1 fully saturated rings. The van der Waals surface area contributed by atoms with Crippen molar-refractivity contribution < 1.29 is 19.3 Å². The van der Waals surface area contributed by atoms with Crippen LogP contribution in [0.4, 0.5) is 17.1 Å². The third-order valence-corrected chi connectivity index (χ3v) is 5.73. The van der Waals surface area contributed by atoms with Crippen molar-refractivity contribution in [3.05, 3.63) is 58.6 Å². The number of hydrogen-bond donors (Lipinski definition) is 1. The van der Waals surface area contributed by atoms with Crippen LogP contribution in [0.5, 0.6) is 0 Å². The summed E-state index contributed by atoms with van der Waals surface area (Å²) in [6.07, 6.45) is 0.450. The summed E-state index contributed by atoms with van der Waals surface area (Å²) in [6.45, 7) is 5.98. The zero-order valence-corrected chi connectivity index (χ0v) is 18.3. The van der Waals surface area contributed by atoms with Crippen LogP contribution in [0.3, 0.4) is 0 Å². The van der Waals surface area contributed by atoms with Crippen LogP contribution in [0, 0.1) is 15.5 Å². The van der Waals surface area contributed by atoms with Crippen molar-refractivity contribution in [1.82, 2.24) is 0 Å². The van der Waals surface area contributed by atoms with Crippen molar-refractivity contribution in [2.45, 2.75) is 43.8 Å². The van der Waals surface area contributed by atoms with Crippen molar-refractivity contribution in [3.8, 4) is 0 Å². The third-order valence-electron chi connectivity index (χ3n) is 4.53. The van der Waals surface area contributed by atoms with E-state index in [1.165, 1.54) is 36.0 Å². The number of nitro benzene ring substituents is 1. The standard InChI is InChI=1S/C22H23N3O5S/c1-22(2,3)13-19(26)23-14-4-10-17(11-5-14)31-18-12-20(27)24(21(18)28)15-6-8-16(9-7-15)25(29)30/h4-11,18H,12-13H2,1-3H3,(H,23,26). The number of benzene rings is 2. The van der Waals surface area contributed by atoms with E-state index in [2.05, 4.69) is 5.32 Å². The number of non-ortho nitro benzene ring substituents is 1. The van der Waals surface area contributed by atoms with Gasteiger partial charge in [0.1, 0.15) is 0 Å². The highest BCUT2D eigenvalue weighted by molar-refractivity contribution is 8.00. The first-order chi connectivity index (χ1) is 14.5. The molecule has 2 aromatic rings. The van der Waals surface area contributed by atoms with Crippen LogP contribution in [0.2, 0.25) is 0 Å². The average Bonchev–Trinajstić information content (AvgIpc) is 2.95. The minimum atomic E-state index is -0.580. The molecule has 1 aliphatic rings.